The Labute approximate surface area is 156 Å². The van der Waals surface area contributed by atoms with Crippen molar-refractivity contribution in [2.75, 3.05) is 20.2 Å². The number of carbonyl (C=O) groups excluding carboxylic acids is 3. The first-order valence-electron chi connectivity index (χ1n) is 8.13. The number of nitrogens with one attached hydrogen (secondary N) is 1. The van der Waals surface area contributed by atoms with Crippen molar-refractivity contribution in [1.82, 2.24) is 10.2 Å². The molecule has 2 aromatic rings. The van der Waals surface area contributed by atoms with E-state index in [9.17, 15) is 14.4 Å². The number of esters is 1. The molecule has 1 aromatic heterocycles. The molecular formula is C19H22N2O4S. The maximum absolute atomic E-state index is 12.0. The first-order chi connectivity index (χ1) is 12.4. The first-order valence-corrected chi connectivity index (χ1v) is 9.07. The molecule has 2 amide bonds. The molecule has 0 saturated heterocycles. The SMILES string of the molecule is Cc1ccc(C(=O)NCC(=O)OCC(=O)N(C)Cc2ccsc2)cc1C. The van der Waals surface area contributed by atoms with Crippen molar-refractivity contribution in [3.63, 3.8) is 0 Å². The molecule has 7 heteroatoms. The lowest BCUT2D eigenvalue weighted by atomic mass is 10.1. The molecule has 0 unspecified atom stereocenters. The Morgan fingerprint density at radius 1 is 1.15 bits per heavy atom. The Bertz CT molecular complexity index is 787. The maximum Gasteiger partial charge on any atom is 0.325 e. The van der Waals surface area contributed by atoms with Crippen LogP contribution in [-0.4, -0.2) is 42.9 Å². The van der Waals surface area contributed by atoms with Gasteiger partial charge in [0.05, 0.1) is 0 Å². The van der Waals surface area contributed by atoms with Crippen LogP contribution >= 0.6 is 11.3 Å². The molecule has 0 saturated carbocycles. The van der Waals surface area contributed by atoms with Gasteiger partial charge in [0.1, 0.15) is 6.54 Å². The molecule has 0 fully saturated rings. The molecular weight excluding hydrogens is 352 g/mol. The van der Waals surface area contributed by atoms with E-state index in [1.165, 1.54) is 4.90 Å². The van der Waals surface area contributed by atoms with Crippen LogP contribution in [-0.2, 0) is 20.9 Å². The number of carbonyl (C=O) groups is 3. The Morgan fingerprint density at radius 2 is 1.92 bits per heavy atom. The van der Waals surface area contributed by atoms with Crippen molar-refractivity contribution >= 4 is 29.1 Å². The topological polar surface area (TPSA) is 75.7 Å². The first kappa shape index (κ1) is 19.7. The lowest BCUT2D eigenvalue weighted by Crippen LogP contribution is -2.34. The van der Waals surface area contributed by atoms with E-state index in [-0.39, 0.29) is 25.0 Å². The molecule has 0 aliphatic rings. The zero-order valence-corrected chi connectivity index (χ0v) is 15.9. The fourth-order valence-corrected chi connectivity index (χ4v) is 2.85. The summed E-state index contributed by atoms with van der Waals surface area (Å²) >= 11 is 1.56. The number of amides is 2. The Kier molecular flexibility index (Phi) is 6.91. The Balaban J connectivity index is 1.73. The molecule has 1 N–H and O–H groups in total. The number of nitrogens with zero attached hydrogens (tertiary/aromatic N) is 1. The Morgan fingerprint density at radius 3 is 2.58 bits per heavy atom. The smallest absolute Gasteiger partial charge is 0.325 e. The molecule has 0 spiro atoms. The van der Waals surface area contributed by atoms with Crippen LogP contribution in [0.3, 0.4) is 0 Å². The summed E-state index contributed by atoms with van der Waals surface area (Å²) in [5, 5.41) is 6.39. The molecule has 138 valence electrons. The van der Waals surface area contributed by atoms with E-state index in [1.807, 2.05) is 36.7 Å². The number of rotatable bonds is 7. The molecule has 0 aliphatic carbocycles. The van der Waals surface area contributed by atoms with Crippen molar-refractivity contribution in [2.24, 2.45) is 0 Å². The molecule has 1 heterocycles. The van der Waals surface area contributed by atoms with Crippen LogP contribution in [0.2, 0.25) is 0 Å². The van der Waals surface area contributed by atoms with Crippen molar-refractivity contribution in [1.29, 1.82) is 0 Å². The second-order valence-electron chi connectivity index (χ2n) is 6.02. The molecule has 26 heavy (non-hydrogen) atoms. The van der Waals surface area contributed by atoms with Gasteiger partial charge in [0.15, 0.2) is 6.61 Å². The summed E-state index contributed by atoms with van der Waals surface area (Å²) in [6.07, 6.45) is 0. The molecule has 0 radical (unpaired) electrons. The van der Waals surface area contributed by atoms with E-state index in [2.05, 4.69) is 5.32 Å². The quantitative estimate of drug-likeness (QED) is 0.755. The van der Waals surface area contributed by atoms with Crippen molar-refractivity contribution in [3.8, 4) is 0 Å². The summed E-state index contributed by atoms with van der Waals surface area (Å²) in [5.74, 6) is -1.31. The minimum atomic E-state index is -0.653. The van der Waals surface area contributed by atoms with E-state index in [0.717, 1.165) is 16.7 Å². The normalized spacial score (nSPS) is 10.3. The summed E-state index contributed by atoms with van der Waals surface area (Å²) < 4.78 is 4.93. The largest absolute Gasteiger partial charge is 0.454 e. The van der Waals surface area contributed by atoms with Crippen LogP contribution < -0.4 is 5.32 Å². The molecule has 2 rings (SSSR count). The average Bonchev–Trinajstić information content (AvgIpc) is 3.12. The summed E-state index contributed by atoms with van der Waals surface area (Å²) in [6, 6.07) is 7.25. The molecule has 0 bridgehead atoms. The van der Waals surface area contributed by atoms with Gasteiger partial charge in [-0.25, -0.2) is 0 Å². The summed E-state index contributed by atoms with van der Waals surface area (Å²) in [6.45, 7) is 3.70. The highest BCUT2D eigenvalue weighted by Crippen LogP contribution is 2.10. The minimum absolute atomic E-state index is 0.284. The number of ether oxygens (including phenoxy) is 1. The molecule has 0 aliphatic heterocycles. The van der Waals surface area contributed by atoms with Crippen LogP contribution in [0.1, 0.15) is 27.0 Å². The van der Waals surface area contributed by atoms with Gasteiger partial charge in [0.25, 0.3) is 11.8 Å². The summed E-state index contributed by atoms with van der Waals surface area (Å²) in [5.41, 5.74) is 3.59. The van der Waals surface area contributed by atoms with Gasteiger partial charge in [-0.2, -0.15) is 11.3 Å². The monoisotopic (exact) mass is 374 g/mol. The highest BCUT2D eigenvalue weighted by molar-refractivity contribution is 7.07. The van der Waals surface area contributed by atoms with Crippen molar-refractivity contribution in [3.05, 3.63) is 57.3 Å². The lowest BCUT2D eigenvalue weighted by molar-refractivity contribution is -0.150. The third-order valence-electron chi connectivity index (χ3n) is 3.94. The van der Waals surface area contributed by atoms with Gasteiger partial charge in [-0.1, -0.05) is 6.07 Å². The fourth-order valence-electron chi connectivity index (χ4n) is 2.19. The average molecular weight is 374 g/mol. The number of thiophene rings is 1. The number of hydrogen-bond acceptors (Lipinski definition) is 5. The molecule has 1 aromatic carbocycles. The predicted octanol–water partition coefficient (Wildman–Crippen LogP) is 2.30. The summed E-state index contributed by atoms with van der Waals surface area (Å²) in [7, 11) is 1.65. The Hall–Kier alpha value is -2.67. The van der Waals surface area contributed by atoms with Gasteiger partial charge in [0, 0.05) is 19.2 Å². The van der Waals surface area contributed by atoms with Crippen LogP contribution in [0.4, 0.5) is 0 Å². The van der Waals surface area contributed by atoms with E-state index >= 15 is 0 Å². The van der Waals surface area contributed by atoms with E-state index < -0.39 is 5.97 Å². The standard InChI is InChI=1S/C19H22N2O4S/c1-13-4-5-16(8-14(13)2)19(24)20-9-18(23)25-11-17(22)21(3)10-15-6-7-26-12-15/h4-8,12H,9-11H2,1-3H3,(H,20,24). The van der Waals surface area contributed by atoms with Gasteiger partial charge in [-0.15, -0.1) is 0 Å². The third kappa shape index (κ3) is 5.70. The number of likely N-dealkylation sites (N-methyl/N-ethyl adjacent to an activating group) is 1. The highest BCUT2D eigenvalue weighted by Gasteiger charge is 2.14. The van der Waals surface area contributed by atoms with Crippen molar-refractivity contribution < 1.29 is 19.1 Å². The zero-order valence-electron chi connectivity index (χ0n) is 15.1. The van der Waals surface area contributed by atoms with Crippen LogP contribution in [0.25, 0.3) is 0 Å². The van der Waals surface area contributed by atoms with Gasteiger partial charge in [-0.05, 0) is 59.5 Å². The second kappa shape index (κ2) is 9.15. The highest BCUT2D eigenvalue weighted by atomic mass is 32.1. The number of benzene rings is 1. The van der Waals surface area contributed by atoms with Crippen LogP contribution in [0.15, 0.2) is 35.0 Å². The van der Waals surface area contributed by atoms with E-state index in [1.54, 1.807) is 30.5 Å². The number of hydrogen-bond donors (Lipinski definition) is 1. The lowest BCUT2D eigenvalue weighted by Gasteiger charge is -2.16. The maximum atomic E-state index is 12.0. The fraction of sp³-hybridized carbons (Fsp3) is 0.316. The van der Waals surface area contributed by atoms with Gasteiger partial charge >= 0.3 is 5.97 Å². The predicted molar refractivity (Wildman–Crippen MR) is 100 cm³/mol. The minimum Gasteiger partial charge on any atom is -0.454 e. The van der Waals surface area contributed by atoms with Gasteiger partial charge < -0.3 is 15.0 Å². The van der Waals surface area contributed by atoms with Gasteiger partial charge in [-0.3, -0.25) is 14.4 Å². The van der Waals surface area contributed by atoms with E-state index in [4.69, 9.17) is 4.74 Å². The summed E-state index contributed by atoms with van der Waals surface area (Å²) in [4.78, 5) is 37.2. The molecule has 0 atom stereocenters. The van der Waals surface area contributed by atoms with Crippen molar-refractivity contribution in [2.45, 2.75) is 20.4 Å². The van der Waals surface area contributed by atoms with Crippen LogP contribution in [0.5, 0.6) is 0 Å². The number of aryl methyl sites for hydroxylation is 2. The van der Waals surface area contributed by atoms with Crippen LogP contribution in [0, 0.1) is 13.8 Å². The van der Waals surface area contributed by atoms with Gasteiger partial charge in [0.2, 0.25) is 0 Å². The zero-order chi connectivity index (χ0) is 19.1. The second-order valence-corrected chi connectivity index (χ2v) is 6.80. The third-order valence-corrected chi connectivity index (χ3v) is 4.68. The molecule has 6 nitrogen and oxygen atoms in total. The van der Waals surface area contributed by atoms with E-state index in [0.29, 0.717) is 12.1 Å².